The number of benzene rings is 1. The molecule has 1 atom stereocenters. The number of carbonyl (C=O) groups is 1. The van der Waals surface area contributed by atoms with Gasteiger partial charge in [0, 0.05) is 10.9 Å². The van der Waals surface area contributed by atoms with E-state index < -0.39 is 0 Å². The van der Waals surface area contributed by atoms with Crippen LogP contribution in [0.5, 0.6) is 0 Å². The molecule has 0 bridgehead atoms. The molecule has 0 aliphatic heterocycles. The average Bonchev–Trinajstić information content (AvgIpc) is 2.20. The van der Waals surface area contributed by atoms with E-state index in [4.69, 9.17) is 18.0 Å². The number of hydrogen-bond donors (Lipinski definition) is 0. The maximum atomic E-state index is 11.1. The summed E-state index contributed by atoms with van der Waals surface area (Å²) in [6.45, 7) is 1.83. The minimum Gasteiger partial charge on any atom is -0.285 e. The molecule has 1 aromatic rings. The van der Waals surface area contributed by atoms with Crippen LogP contribution in [0.15, 0.2) is 24.3 Å². The van der Waals surface area contributed by atoms with Crippen molar-refractivity contribution in [1.82, 2.24) is 0 Å². The summed E-state index contributed by atoms with van der Waals surface area (Å²) in [6, 6.07) is 7.43. The average molecular weight is 207 g/mol. The Bertz CT molecular complexity index is 359. The Morgan fingerprint density at radius 1 is 1.50 bits per heavy atom. The molecule has 72 valence electrons. The summed E-state index contributed by atoms with van der Waals surface area (Å²) in [7, 11) is 0. The highest BCUT2D eigenvalue weighted by molar-refractivity contribution is 6.30. The van der Waals surface area contributed by atoms with Gasteiger partial charge in [0.25, 0.3) is 0 Å². The predicted octanol–water partition coefficient (Wildman–Crippen LogP) is 2.72. The maximum absolute atomic E-state index is 11.1. The first-order valence-corrected chi connectivity index (χ1v) is 4.76. The first-order chi connectivity index (χ1) is 6.63. The molecule has 0 aliphatic carbocycles. The zero-order chi connectivity index (χ0) is 10.6. The van der Waals surface area contributed by atoms with Crippen molar-refractivity contribution in [3.63, 3.8) is 0 Å². The van der Waals surface area contributed by atoms with Crippen LogP contribution in [-0.2, 0) is 11.2 Å². The number of carbonyl (C=O) groups excluding carboxylic acids is 1. The Labute approximate surface area is 89.1 Å². The Morgan fingerprint density at radius 2 is 2.07 bits per heavy atom. The Balaban J connectivity index is 2.66. The van der Waals surface area contributed by atoms with Gasteiger partial charge in [0.05, 0.1) is 0 Å². The van der Waals surface area contributed by atoms with E-state index in [0.717, 1.165) is 5.56 Å². The van der Waals surface area contributed by atoms with Crippen molar-refractivity contribution >= 4 is 17.4 Å². The summed E-state index contributed by atoms with van der Waals surface area (Å²) in [5.74, 6) is 1.85. The van der Waals surface area contributed by atoms with Gasteiger partial charge in [0.15, 0.2) is 0 Å². The second-order valence-corrected chi connectivity index (χ2v) is 3.68. The third-order valence-electron chi connectivity index (χ3n) is 2.04. The van der Waals surface area contributed by atoms with E-state index >= 15 is 0 Å². The Hall–Kier alpha value is -1.26. The van der Waals surface area contributed by atoms with Gasteiger partial charge in [-0.1, -0.05) is 30.7 Å². The van der Waals surface area contributed by atoms with E-state index in [0.29, 0.717) is 11.4 Å². The molecule has 0 saturated heterocycles. The van der Waals surface area contributed by atoms with Crippen LogP contribution in [0.3, 0.4) is 0 Å². The van der Waals surface area contributed by atoms with Gasteiger partial charge in [-0.05, 0) is 30.0 Å². The van der Waals surface area contributed by atoms with Crippen molar-refractivity contribution < 1.29 is 4.79 Å². The lowest BCUT2D eigenvalue weighted by Crippen LogP contribution is -2.10. The predicted molar refractivity (Wildman–Crippen MR) is 58.2 cm³/mol. The zero-order valence-corrected chi connectivity index (χ0v) is 8.71. The van der Waals surface area contributed by atoms with Crippen LogP contribution in [0.1, 0.15) is 12.5 Å². The minimum atomic E-state index is -0.153. The zero-order valence-electron chi connectivity index (χ0n) is 7.96. The monoisotopic (exact) mass is 206 g/mol. The van der Waals surface area contributed by atoms with Crippen LogP contribution in [0, 0.1) is 18.3 Å². The van der Waals surface area contributed by atoms with Gasteiger partial charge in [-0.2, -0.15) is 0 Å². The topological polar surface area (TPSA) is 17.1 Å². The fourth-order valence-corrected chi connectivity index (χ4v) is 1.33. The molecule has 0 saturated carbocycles. The molecular weight excluding hydrogens is 196 g/mol. The SMILES string of the molecule is C#CC(=O)C(C)Cc1ccc(Cl)cc1. The van der Waals surface area contributed by atoms with E-state index in [9.17, 15) is 4.79 Å². The van der Waals surface area contributed by atoms with E-state index in [1.807, 2.05) is 31.2 Å². The van der Waals surface area contributed by atoms with E-state index in [1.54, 1.807) is 0 Å². The number of terminal acetylenes is 1. The molecule has 14 heavy (non-hydrogen) atoms. The van der Waals surface area contributed by atoms with Crippen LogP contribution >= 0.6 is 11.6 Å². The molecule has 0 aliphatic rings. The molecule has 1 nitrogen and oxygen atoms in total. The third-order valence-corrected chi connectivity index (χ3v) is 2.30. The molecule has 0 N–H and O–H groups in total. The summed E-state index contributed by atoms with van der Waals surface area (Å²) in [4.78, 5) is 11.1. The van der Waals surface area contributed by atoms with E-state index in [1.165, 1.54) is 0 Å². The van der Waals surface area contributed by atoms with Crippen LogP contribution in [0.2, 0.25) is 5.02 Å². The number of halogens is 1. The number of Topliss-reactive ketones (excluding diaryl/α,β-unsaturated/α-hetero) is 1. The summed E-state index contributed by atoms with van der Waals surface area (Å²) in [5.41, 5.74) is 1.07. The minimum absolute atomic E-state index is 0.124. The second kappa shape index (κ2) is 4.83. The fourth-order valence-electron chi connectivity index (χ4n) is 1.21. The van der Waals surface area contributed by atoms with Crippen molar-refractivity contribution in [3.05, 3.63) is 34.9 Å². The Morgan fingerprint density at radius 3 is 2.57 bits per heavy atom. The third kappa shape index (κ3) is 2.90. The molecule has 0 heterocycles. The number of hydrogen-bond acceptors (Lipinski definition) is 1. The molecule has 0 aromatic heterocycles. The van der Waals surface area contributed by atoms with Gasteiger partial charge in [-0.25, -0.2) is 0 Å². The van der Waals surface area contributed by atoms with Crippen LogP contribution < -0.4 is 0 Å². The van der Waals surface area contributed by atoms with Crippen molar-refractivity contribution in [2.75, 3.05) is 0 Å². The van der Waals surface area contributed by atoms with Crippen molar-refractivity contribution in [2.45, 2.75) is 13.3 Å². The number of rotatable bonds is 3. The summed E-state index contributed by atoms with van der Waals surface area (Å²) >= 11 is 5.74. The van der Waals surface area contributed by atoms with E-state index in [2.05, 4.69) is 5.92 Å². The lowest BCUT2D eigenvalue weighted by Gasteiger charge is -2.06. The molecule has 2 heteroatoms. The smallest absolute Gasteiger partial charge is 0.208 e. The van der Waals surface area contributed by atoms with Crippen molar-refractivity contribution in [1.29, 1.82) is 0 Å². The molecule has 0 amide bonds. The lowest BCUT2D eigenvalue weighted by atomic mass is 9.98. The van der Waals surface area contributed by atoms with Crippen LogP contribution in [0.4, 0.5) is 0 Å². The first-order valence-electron chi connectivity index (χ1n) is 4.38. The summed E-state index contributed by atoms with van der Waals surface area (Å²) in [6.07, 6.45) is 5.70. The lowest BCUT2D eigenvalue weighted by molar-refractivity contribution is -0.116. The van der Waals surface area contributed by atoms with Crippen molar-refractivity contribution in [3.8, 4) is 12.3 Å². The summed E-state index contributed by atoms with van der Waals surface area (Å²) in [5, 5.41) is 0.699. The Kier molecular flexibility index (Phi) is 3.73. The van der Waals surface area contributed by atoms with Crippen molar-refractivity contribution in [2.24, 2.45) is 5.92 Å². The van der Waals surface area contributed by atoms with Crippen LogP contribution in [0.25, 0.3) is 0 Å². The molecular formula is C12H11ClO. The largest absolute Gasteiger partial charge is 0.285 e. The molecule has 1 aromatic carbocycles. The fraction of sp³-hybridized carbons (Fsp3) is 0.250. The highest BCUT2D eigenvalue weighted by Gasteiger charge is 2.10. The molecule has 1 unspecified atom stereocenters. The highest BCUT2D eigenvalue weighted by Crippen LogP contribution is 2.13. The molecule has 0 fully saturated rings. The van der Waals surface area contributed by atoms with Gasteiger partial charge in [0.1, 0.15) is 0 Å². The van der Waals surface area contributed by atoms with Gasteiger partial charge in [0.2, 0.25) is 5.78 Å². The second-order valence-electron chi connectivity index (χ2n) is 3.24. The molecule has 0 radical (unpaired) electrons. The van der Waals surface area contributed by atoms with Gasteiger partial charge >= 0.3 is 0 Å². The summed E-state index contributed by atoms with van der Waals surface area (Å²) < 4.78 is 0. The van der Waals surface area contributed by atoms with Gasteiger partial charge in [-0.3, -0.25) is 4.79 Å². The van der Waals surface area contributed by atoms with Gasteiger partial charge in [-0.15, -0.1) is 6.42 Å². The standard InChI is InChI=1S/C12H11ClO/c1-3-12(14)9(2)8-10-4-6-11(13)7-5-10/h1,4-7,9H,8H2,2H3. The van der Waals surface area contributed by atoms with Crippen LogP contribution in [-0.4, -0.2) is 5.78 Å². The van der Waals surface area contributed by atoms with Gasteiger partial charge < -0.3 is 0 Å². The number of ketones is 1. The quantitative estimate of drug-likeness (QED) is 0.549. The maximum Gasteiger partial charge on any atom is 0.208 e. The highest BCUT2D eigenvalue weighted by atomic mass is 35.5. The molecule has 0 spiro atoms. The van der Waals surface area contributed by atoms with E-state index in [-0.39, 0.29) is 11.7 Å². The normalized spacial score (nSPS) is 11.8. The molecule has 1 rings (SSSR count). The first kappa shape index (κ1) is 10.8.